The molecule has 3 heteroatoms. The van der Waals surface area contributed by atoms with E-state index in [1.54, 1.807) is 6.07 Å². The van der Waals surface area contributed by atoms with Crippen molar-refractivity contribution < 1.29 is 4.92 Å². The molecule has 0 radical (unpaired) electrons. The maximum Gasteiger partial charge on any atom is 0.277 e. The second-order valence-electron chi connectivity index (χ2n) is 9.14. The highest BCUT2D eigenvalue weighted by atomic mass is 16.6. The lowest BCUT2D eigenvalue weighted by molar-refractivity contribution is -0.384. The maximum atomic E-state index is 11.7. The lowest BCUT2D eigenvalue weighted by atomic mass is 9.79. The van der Waals surface area contributed by atoms with Gasteiger partial charge in [-0.15, -0.1) is 0 Å². The number of nitro groups is 1. The molecule has 28 heavy (non-hydrogen) atoms. The molecule has 0 aliphatic heterocycles. The van der Waals surface area contributed by atoms with E-state index in [2.05, 4.69) is 53.7 Å². The van der Waals surface area contributed by atoms with Crippen molar-refractivity contribution in [2.75, 3.05) is 0 Å². The third kappa shape index (κ3) is 5.01. The van der Waals surface area contributed by atoms with E-state index in [-0.39, 0.29) is 21.4 Å². The second kappa shape index (κ2) is 8.89. The van der Waals surface area contributed by atoms with E-state index in [1.165, 1.54) is 24.8 Å². The molecule has 2 aromatic rings. The fraction of sp³-hybridized carbons (Fsp3) is 0.520. The van der Waals surface area contributed by atoms with Crippen molar-refractivity contribution in [1.82, 2.24) is 0 Å². The largest absolute Gasteiger partial charge is 0.277 e. The van der Waals surface area contributed by atoms with Crippen LogP contribution in [0.25, 0.3) is 11.1 Å². The van der Waals surface area contributed by atoms with Crippen LogP contribution in [0.15, 0.2) is 42.5 Å². The zero-order valence-electron chi connectivity index (χ0n) is 18.3. The molecule has 0 aliphatic rings. The van der Waals surface area contributed by atoms with Crippen molar-refractivity contribution in [2.24, 2.45) is 0 Å². The minimum atomic E-state index is -0.257. The number of hydrogen-bond acceptors (Lipinski definition) is 2. The third-order valence-electron chi connectivity index (χ3n) is 6.24. The first kappa shape index (κ1) is 22.1. The lowest BCUT2D eigenvalue weighted by Gasteiger charge is -2.26. The monoisotopic (exact) mass is 381 g/mol. The summed E-state index contributed by atoms with van der Waals surface area (Å²) >= 11 is 0. The van der Waals surface area contributed by atoms with Gasteiger partial charge in [0, 0.05) is 6.07 Å². The van der Waals surface area contributed by atoms with Crippen molar-refractivity contribution in [1.29, 1.82) is 0 Å². The van der Waals surface area contributed by atoms with Crippen LogP contribution in [0.5, 0.6) is 0 Å². The average Bonchev–Trinajstić information content (AvgIpc) is 2.67. The molecule has 0 heterocycles. The number of nitrogens with zero attached hydrogens (tertiary/aromatic N) is 1. The predicted molar refractivity (Wildman–Crippen MR) is 119 cm³/mol. The van der Waals surface area contributed by atoms with Gasteiger partial charge in [0.2, 0.25) is 0 Å². The zero-order valence-corrected chi connectivity index (χ0v) is 18.3. The molecule has 2 aromatic carbocycles. The first-order valence-corrected chi connectivity index (χ1v) is 10.5. The van der Waals surface area contributed by atoms with Crippen LogP contribution >= 0.6 is 0 Å². The molecule has 2 rings (SSSR count). The Bertz CT molecular complexity index is 804. The van der Waals surface area contributed by atoms with Crippen LogP contribution in [0.4, 0.5) is 5.69 Å². The smallest absolute Gasteiger partial charge is 0.258 e. The quantitative estimate of drug-likeness (QED) is 0.252. The van der Waals surface area contributed by atoms with Gasteiger partial charge in [-0.2, -0.15) is 0 Å². The molecule has 0 unspecified atom stereocenters. The lowest BCUT2D eigenvalue weighted by Crippen LogP contribution is -2.17. The summed E-state index contributed by atoms with van der Waals surface area (Å²) in [6, 6.07) is 14.0. The van der Waals surface area contributed by atoms with Crippen LogP contribution in [0, 0.1) is 10.1 Å². The van der Waals surface area contributed by atoms with E-state index in [1.807, 2.05) is 24.3 Å². The van der Waals surface area contributed by atoms with Crippen molar-refractivity contribution in [3.05, 3.63) is 63.7 Å². The molecule has 0 amide bonds. The summed E-state index contributed by atoms with van der Waals surface area (Å²) in [6.07, 6.45) is 5.80. The molecule has 0 bridgehead atoms. The molecule has 0 saturated heterocycles. The first-order chi connectivity index (χ1) is 13.1. The topological polar surface area (TPSA) is 43.1 Å². The van der Waals surface area contributed by atoms with E-state index in [4.69, 9.17) is 0 Å². The molecule has 0 atom stereocenters. The van der Waals surface area contributed by atoms with Gasteiger partial charge in [-0.25, -0.2) is 0 Å². The third-order valence-corrected chi connectivity index (χ3v) is 6.24. The Morgan fingerprint density at radius 2 is 1.46 bits per heavy atom. The summed E-state index contributed by atoms with van der Waals surface area (Å²) in [7, 11) is 0. The molecule has 0 N–H and O–H groups in total. The van der Waals surface area contributed by atoms with Crippen molar-refractivity contribution in [3.8, 4) is 11.1 Å². The number of nitro benzene ring substituents is 1. The fourth-order valence-electron chi connectivity index (χ4n) is 3.61. The van der Waals surface area contributed by atoms with Crippen LogP contribution < -0.4 is 0 Å². The highest BCUT2D eigenvalue weighted by molar-refractivity contribution is 5.74. The van der Waals surface area contributed by atoms with Gasteiger partial charge in [0.25, 0.3) is 5.69 Å². The van der Waals surface area contributed by atoms with Gasteiger partial charge >= 0.3 is 0 Å². The van der Waals surface area contributed by atoms with Crippen molar-refractivity contribution in [2.45, 2.75) is 84.5 Å². The van der Waals surface area contributed by atoms with Crippen LogP contribution in [0.3, 0.4) is 0 Å². The Balaban J connectivity index is 2.36. The highest BCUT2D eigenvalue weighted by Gasteiger charge is 2.24. The van der Waals surface area contributed by atoms with Crippen LogP contribution in [0.1, 0.15) is 84.8 Å². The Morgan fingerprint density at radius 1 is 0.857 bits per heavy atom. The van der Waals surface area contributed by atoms with Gasteiger partial charge in [-0.05, 0) is 46.4 Å². The van der Waals surface area contributed by atoms with Crippen LogP contribution in [-0.2, 0) is 10.8 Å². The average molecular weight is 382 g/mol. The van der Waals surface area contributed by atoms with E-state index in [9.17, 15) is 10.1 Å². The van der Waals surface area contributed by atoms with E-state index < -0.39 is 0 Å². The summed E-state index contributed by atoms with van der Waals surface area (Å²) < 4.78 is 0. The summed E-state index contributed by atoms with van der Waals surface area (Å²) in [5.41, 5.74) is 4.13. The van der Waals surface area contributed by atoms with E-state index in [0.29, 0.717) is 5.56 Å². The molecule has 0 saturated carbocycles. The standard InChI is InChI=1S/C25H35NO2/c1-7-9-10-17-25(5,6)20-13-11-19(12-14-20)22-16-15-21(24(3,4)8-2)18-23(22)26(27)28/h11-16,18H,7-10,17H2,1-6H3. The maximum absolute atomic E-state index is 11.7. The van der Waals surface area contributed by atoms with Gasteiger partial charge in [0.1, 0.15) is 0 Å². The molecular weight excluding hydrogens is 346 g/mol. The molecule has 0 fully saturated rings. The molecule has 152 valence electrons. The summed E-state index contributed by atoms with van der Waals surface area (Å²) in [6.45, 7) is 13.1. The number of unbranched alkanes of at least 4 members (excludes halogenated alkanes) is 2. The predicted octanol–water partition coefficient (Wildman–Crippen LogP) is 7.81. The number of benzene rings is 2. The first-order valence-electron chi connectivity index (χ1n) is 10.5. The fourth-order valence-corrected chi connectivity index (χ4v) is 3.61. The summed E-state index contributed by atoms with van der Waals surface area (Å²) in [4.78, 5) is 11.5. The van der Waals surface area contributed by atoms with E-state index >= 15 is 0 Å². The van der Waals surface area contributed by atoms with Gasteiger partial charge in [-0.1, -0.05) is 91.1 Å². The number of hydrogen-bond donors (Lipinski definition) is 0. The Hall–Kier alpha value is -2.16. The molecule has 3 nitrogen and oxygen atoms in total. The molecule has 0 spiro atoms. The zero-order chi connectivity index (χ0) is 20.9. The van der Waals surface area contributed by atoms with E-state index in [0.717, 1.165) is 24.0 Å². The number of rotatable bonds is 9. The van der Waals surface area contributed by atoms with Crippen molar-refractivity contribution >= 4 is 5.69 Å². The summed E-state index contributed by atoms with van der Waals surface area (Å²) in [5.74, 6) is 0. The Labute approximate surface area is 170 Å². The molecule has 0 aromatic heterocycles. The van der Waals surface area contributed by atoms with Gasteiger partial charge in [-0.3, -0.25) is 10.1 Å². The van der Waals surface area contributed by atoms with Crippen LogP contribution in [-0.4, -0.2) is 4.92 Å². The Morgan fingerprint density at radius 3 is 2.00 bits per heavy atom. The minimum Gasteiger partial charge on any atom is -0.258 e. The van der Waals surface area contributed by atoms with Crippen molar-refractivity contribution in [3.63, 3.8) is 0 Å². The van der Waals surface area contributed by atoms with Crippen LogP contribution in [0.2, 0.25) is 0 Å². The van der Waals surface area contributed by atoms with Gasteiger partial charge < -0.3 is 0 Å². The molecule has 0 aliphatic carbocycles. The summed E-state index contributed by atoms with van der Waals surface area (Å²) in [5, 5.41) is 11.7. The SMILES string of the molecule is CCCCCC(C)(C)c1ccc(-c2ccc(C(C)(C)CC)cc2[N+](=O)[O-])cc1. The highest BCUT2D eigenvalue weighted by Crippen LogP contribution is 2.37. The normalized spacial score (nSPS) is 12.2. The van der Waals surface area contributed by atoms with Gasteiger partial charge in [0.15, 0.2) is 0 Å². The van der Waals surface area contributed by atoms with Gasteiger partial charge in [0.05, 0.1) is 10.5 Å². The second-order valence-corrected chi connectivity index (χ2v) is 9.14. The minimum absolute atomic E-state index is 0.0737. The molecular formula is C25H35NO2. The Kier molecular flexibility index (Phi) is 7.03.